The molecule has 0 heterocycles. The van der Waals surface area contributed by atoms with Gasteiger partial charge in [0, 0.05) is 24.7 Å². The van der Waals surface area contributed by atoms with Crippen LogP contribution in [0.2, 0.25) is 0 Å². The Morgan fingerprint density at radius 1 is 1.21 bits per heavy atom. The third-order valence-corrected chi connectivity index (χ3v) is 3.85. The molecule has 0 bridgehead atoms. The number of carbonyl (C=O) groups is 1. The summed E-state index contributed by atoms with van der Waals surface area (Å²) >= 11 is 0. The first kappa shape index (κ1) is 14.1. The minimum absolute atomic E-state index is 0.0154. The van der Waals surface area contributed by atoms with Gasteiger partial charge in [-0.2, -0.15) is 0 Å². The minimum atomic E-state index is 0.0154. The van der Waals surface area contributed by atoms with Crippen LogP contribution in [-0.2, 0) is 0 Å². The fourth-order valence-electron chi connectivity index (χ4n) is 2.65. The third kappa shape index (κ3) is 4.35. The van der Waals surface area contributed by atoms with Crippen molar-refractivity contribution in [1.29, 1.82) is 0 Å². The van der Waals surface area contributed by atoms with Gasteiger partial charge in [-0.05, 0) is 44.2 Å². The molecule has 0 radical (unpaired) electrons. The smallest absolute Gasteiger partial charge is 0.251 e. The number of hydrogen-bond donors (Lipinski definition) is 2. The number of carbonyl (C=O) groups excluding carboxylic acids is 1. The Hall–Kier alpha value is -1.35. The Kier molecular flexibility index (Phi) is 4.97. The highest BCUT2D eigenvalue weighted by Crippen LogP contribution is 2.24. The van der Waals surface area contributed by atoms with Crippen LogP contribution in [0.1, 0.15) is 42.1 Å². The predicted octanol–water partition coefficient (Wildman–Crippen LogP) is 2.50. The van der Waals surface area contributed by atoms with Crippen LogP contribution in [-0.4, -0.2) is 25.0 Å². The fourth-order valence-corrected chi connectivity index (χ4v) is 2.65. The van der Waals surface area contributed by atoms with Gasteiger partial charge in [0.1, 0.15) is 0 Å². The van der Waals surface area contributed by atoms with E-state index < -0.39 is 0 Å². The van der Waals surface area contributed by atoms with Crippen LogP contribution < -0.4 is 10.6 Å². The molecule has 1 fully saturated rings. The summed E-state index contributed by atoms with van der Waals surface area (Å²) in [4.78, 5) is 11.9. The monoisotopic (exact) mass is 260 g/mol. The lowest BCUT2D eigenvalue weighted by molar-refractivity contribution is 0.0953. The molecule has 1 aromatic carbocycles. The molecule has 1 amide bonds. The van der Waals surface area contributed by atoms with Crippen LogP contribution in [0.3, 0.4) is 0 Å². The highest BCUT2D eigenvalue weighted by atomic mass is 16.1. The van der Waals surface area contributed by atoms with Crippen molar-refractivity contribution in [2.24, 2.45) is 5.92 Å². The van der Waals surface area contributed by atoms with Gasteiger partial charge in [-0.15, -0.1) is 0 Å². The van der Waals surface area contributed by atoms with Crippen LogP contribution in [0.25, 0.3) is 0 Å². The molecule has 2 rings (SSSR count). The Bertz CT molecular complexity index is 413. The Labute approximate surface area is 115 Å². The lowest BCUT2D eigenvalue weighted by atomic mass is 10.1. The number of rotatable bonds is 5. The second kappa shape index (κ2) is 6.71. The predicted molar refractivity (Wildman–Crippen MR) is 78.3 cm³/mol. The molecule has 3 heteroatoms. The van der Waals surface area contributed by atoms with Crippen LogP contribution in [0, 0.1) is 12.8 Å². The molecule has 2 N–H and O–H groups in total. The Morgan fingerprint density at radius 2 is 1.95 bits per heavy atom. The number of hydrogen-bond acceptors (Lipinski definition) is 2. The maximum absolute atomic E-state index is 11.9. The van der Waals surface area contributed by atoms with Crippen molar-refractivity contribution in [2.75, 3.05) is 13.1 Å². The molecule has 1 saturated carbocycles. The average Bonchev–Trinajstić information content (AvgIpc) is 2.81. The molecule has 0 aromatic heterocycles. The summed E-state index contributed by atoms with van der Waals surface area (Å²) in [6, 6.07) is 8.32. The highest BCUT2D eigenvalue weighted by Gasteiger charge is 2.20. The second-order valence-corrected chi connectivity index (χ2v) is 5.69. The van der Waals surface area contributed by atoms with E-state index in [0.29, 0.717) is 12.6 Å². The van der Waals surface area contributed by atoms with E-state index >= 15 is 0 Å². The molecule has 19 heavy (non-hydrogen) atoms. The van der Waals surface area contributed by atoms with Gasteiger partial charge < -0.3 is 10.6 Å². The van der Waals surface area contributed by atoms with Crippen molar-refractivity contribution in [3.05, 3.63) is 35.4 Å². The molecule has 2 atom stereocenters. The van der Waals surface area contributed by atoms with Crippen molar-refractivity contribution >= 4 is 5.91 Å². The molecule has 0 spiro atoms. The lowest BCUT2D eigenvalue weighted by Gasteiger charge is -2.12. The van der Waals surface area contributed by atoms with Gasteiger partial charge in [0.15, 0.2) is 0 Å². The standard InChI is InChI=1S/C16H24N2O/c1-12-3-6-14(7-4-12)16(19)18-10-9-17-15-8-5-13(2)11-15/h3-4,6-7,13,15,17H,5,8-11H2,1-2H3,(H,18,19). The van der Waals surface area contributed by atoms with Crippen molar-refractivity contribution in [1.82, 2.24) is 10.6 Å². The van der Waals surface area contributed by atoms with Crippen LogP contribution in [0.5, 0.6) is 0 Å². The molecular weight excluding hydrogens is 236 g/mol. The molecular formula is C16H24N2O. The third-order valence-electron chi connectivity index (χ3n) is 3.85. The van der Waals surface area contributed by atoms with E-state index in [9.17, 15) is 4.79 Å². The summed E-state index contributed by atoms with van der Waals surface area (Å²) in [5.74, 6) is 0.862. The molecule has 0 aliphatic heterocycles. The van der Waals surface area contributed by atoms with Gasteiger partial charge >= 0.3 is 0 Å². The first-order chi connectivity index (χ1) is 9.15. The second-order valence-electron chi connectivity index (χ2n) is 5.69. The van der Waals surface area contributed by atoms with E-state index in [2.05, 4.69) is 17.6 Å². The summed E-state index contributed by atoms with van der Waals surface area (Å²) in [5.41, 5.74) is 1.91. The van der Waals surface area contributed by atoms with E-state index in [1.807, 2.05) is 31.2 Å². The SMILES string of the molecule is Cc1ccc(C(=O)NCCNC2CCC(C)C2)cc1. The molecule has 1 aromatic rings. The topological polar surface area (TPSA) is 41.1 Å². The zero-order chi connectivity index (χ0) is 13.7. The van der Waals surface area contributed by atoms with E-state index in [4.69, 9.17) is 0 Å². The van der Waals surface area contributed by atoms with Gasteiger partial charge in [-0.3, -0.25) is 4.79 Å². The largest absolute Gasteiger partial charge is 0.351 e. The molecule has 0 saturated heterocycles. The minimum Gasteiger partial charge on any atom is -0.351 e. The highest BCUT2D eigenvalue weighted by molar-refractivity contribution is 5.94. The van der Waals surface area contributed by atoms with Crippen LogP contribution in [0.4, 0.5) is 0 Å². The normalized spacial score (nSPS) is 22.4. The van der Waals surface area contributed by atoms with Crippen molar-refractivity contribution in [3.63, 3.8) is 0 Å². The Balaban J connectivity index is 1.65. The molecule has 1 aliphatic carbocycles. The summed E-state index contributed by atoms with van der Waals surface area (Å²) < 4.78 is 0. The number of aryl methyl sites for hydroxylation is 1. The zero-order valence-electron chi connectivity index (χ0n) is 11.9. The Morgan fingerprint density at radius 3 is 2.58 bits per heavy atom. The zero-order valence-corrected chi connectivity index (χ0v) is 11.9. The first-order valence-corrected chi connectivity index (χ1v) is 7.23. The first-order valence-electron chi connectivity index (χ1n) is 7.23. The molecule has 104 valence electrons. The fraction of sp³-hybridized carbons (Fsp3) is 0.562. The van der Waals surface area contributed by atoms with Gasteiger partial charge in [-0.1, -0.05) is 24.6 Å². The number of amides is 1. The molecule has 2 unspecified atom stereocenters. The summed E-state index contributed by atoms with van der Waals surface area (Å²) in [6.45, 7) is 5.88. The molecule has 3 nitrogen and oxygen atoms in total. The van der Waals surface area contributed by atoms with E-state index in [0.717, 1.165) is 18.0 Å². The number of benzene rings is 1. The molecule has 1 aliphatic rings. The number of nitrogens with one attached hydrogen (secondary N) is 2. The summed E-state index contributed by atoms with van der Waals surface area (Å²) in [6.07, 6.45) is 3.87. The quantitative estimate of drug-likeness (QED) is 0.799. The van der Waals surface area contributed by atoms with E-state index in [1.165, 1.54) is 24.8 Å². The van der Waals surface area contributed by atoms with Gasteiger partial charge in [0.2, 0.25) is 0 Å². The average molecular weight is 260 g/mol. The van der Waals surface area contributed by atoms with Crippen LogP contribution >= 0.6 is 0 Å². The summed E-state index contributed by atoms with van der Waals surface area (Å²) in [7, 11) is 0. The summed E-state index contributed by atoms with van der Waals surface area (Å²) in [5, 5.41) is 6.47. The van der Waals surface area contributed by atoms with Gasteiger partial charge in [0.25, 0.3) is 5.91 Å². The van der Waals surface area contributed by atoms with E-state index in [1.54, 1.807) is 0 Å². The van der Waals surface area contributed by atoms with Crippen molar-refractivity contribution in [2.45, 2.75) is 39.2 Å². The van der Waals surface area contributed by atoms with Gasteiger partial charge in [-0.25, -0.2) is 0 Å². The maximum atomic E-state index is 11.9. The van der Waals surface area contributed by atoms with Gasteiger partial charge in [0.05, 0.1) is 0 Å². The van der Waals surface area contributed by atoms with Crippen LogP contribution in [0.15, 0.2) is 24.3 Å². The van der Waals surface area contributed by atoms with Crippen molar-refractivity contribution < 1.29 is 4.79 Å². The van der Waals surface area contributed by atoms with Crippen molar-refractivity contribution in [3.8, 4) is 0 Å². The maximum Gasteiger partial charge on any atom is 0.251 e. The van der Waals surface area contributed by atoms with E-state index in [-0.39, 0.29) is 5.91 Å². The lowest BCUT2D eigenvalue weighted by Crippen LogP contribution is -2.36.